The molecule has 0 unspecified atom stereocenters. The Labute approximate surface area is 131 Å². The van der Waals surface area contributed by atoms with Crippen molar-refractivity contribution in [3.05, 3.63) is 35.8 Å². The predicted molar refractivity (Wildman–Crippen MR) is 87.6 cm³/mol. The number of para-hydroxylation sites is 1. The van der Waals surface area contributed by atoms with Crippen molar-refractivity contribution in [2.24, 2.45) is 0 Å². The molecule has 4 nitrogen and oxygen atoms in total. The highest BCUT2D eigenvalue weighted by molar-refractivity contribution is 7.22. The first-order valence-corrected chi connectivity index (χ1v) is 8.75. The minimum Gasteiger partial charge on any atom is -0.467 e. The van der Waals surface area contributed by atoms with Crippen molar-refractivity contribution in [3.63, 3.8) is 0 Å². The van der Waals surface area contributed by atoms with E-state index >= 15 is 0 Å². The number of fused-ring (bicyclic) bond motifs is 1. The molecule has 1 fully saturated rings. The summed E-state index contributed by atoms with van der Waals surface area (Å²) in [6.45, 7) is 1.99. The Balaban J connectivity index is 1.42. The van der Waals surface area contributed by atoms with Gasteiger partial charge in [-0.2, -0.15) is 0 Å². The van der Waals surface area contributed by atoms with Crippen molar-refractivity contribution in [2.45, 2.75) is 18.9 Å². The largest absolute Gasteiger partial charge is 0.467 e. The fourth-order valence-electron chi connectivity index (χ4n) is 2.57. The van der Waals surface area contributed by atoms with Gasteiger partial charge in [0.15, 0.2) is 5.13 Å². The van der Waals surface area contributed by atoms with Gasteiger partial charge in [0, 0.05) is 37.5 Å². The number of piperidine rings is 1. The third-order valence-corrected chi connectivity index (χ3v) is 5.43. The van der Waals surface area contributed by atoms with E-state index in [4.69, 9.17) is 9.72 Å². The van der Waals surface area contributed by atoms with Crippen LogP contribution in [0.5, 0.6) is 5.19 Å². The van der Waals surface area contributed by atoms with E-state index in [1.807, 2.05) is 11.4 Å². The molecule has 6 heteroatoms. The van der Waals surface area contributed by atoms with E-state index in [-0.39, 0.29) is 6.10 Å². The van der Waals surface area contributed by atoms with Crippen molar-refractivity contribution in [3.8, 4) is 5.19 Å². The summed E-state index contributed by atoms with van der Waals surface area (Å²) in [4.78, 5) is 11.3. The number of ether oxygens (including phenoxy) is 1. The molecule has 0 amide bonds. The van der Waals surface area contributed by atoms with Crippen LogP contribution in [0.15, 0.2) is 35.8 Å². The maximum Gasteiger partial charge on any atom is 0.273 e. The van der Waals surface area contributed by atoms with E-state index < -0.39 is 0 Å². The van der Waals surface area contributed by atoms with Crippen molar-refractivity contribution >= 4 is 38.0 Å². The van der Waals surface area contributed by atoms with E-state index in [0.29, 0.717) is 0 Å². The minimum atomic E-state index is 0.279. The molecule has 0 spiro atoms. The van der Waals surface area contributed by atoms with Gasteiger partial charge in [0.2, 0.25) is 0 Å². The van der Waals surface area contributed by atoms with Gasteiger partial charge in [-0.05, 0) is 12.1 Å². The number of thiazole rings is 2. The normalized spacial score (nSPS) is 16.5. The summed E-state index contributed by atoms with van der Waals surface area (Å²) in [5.74, 6) is 0. The van der Waals surface area contributed by atoms with Gasteiger partial charge in [-0.3, -0.25) is 0 Å². The predicted octanol–water partition coefficient (Wildman–Crippen LogP) is 3.80. The lowest BCUT2D eigenvalue weighted by Crippen LogP contribution is -2.38. The molecule has 1 aromatic carbocycles. The summed E-state index contributed by atoms with van der Waals surface area (Å²) >= 11 is 3.33. The van der Waals surface area contributed by atoms with Crippen LogP contribution in [0.3, 0.4) is 0 Å². The molecule has 0 N–H and O–H groups in total. The van der Waals surface area contributed by atoms with E-state index in [1.54, 1.807) is 28.9 Å². The highest BCUT2D eigenvalue weighted by atomic mass is 32.1. The van der Waals surface area contributed by atoms with Gasteiger partial charge in [-0.25, -0.2) is 9.97 Å². The van der Waals surface area contributed by atoms with Crippen LogP contribution in [0.2, 0.25) is 0 Å². The molecule has 4 rings (SSSR count). The van der Waals surface area contributed by atoms with E-state index in [2.05, 4.69) is 28.1 Å². The van der Waals surface area contributed by atoms with E-state index in [1.165, 1.54) is 4.70 Å². The molecule has 108 valence electrons. The second kappa shape index (κ2) is 5.61. The molecule has 0 aliphatic carbocycles. The Morgan fingerprint density at radius 1 is 1.19 bits per heavy atom. The molecule has 1 aliphatic heterocycles. The highest BCUT2D eigenvalue weighted by Crippen LogP contribution is 2.31. The Morgan fingerprint density at radius 2 is 2.05 bits per heavy atom. The number of rotatable bonds is 3. The zero-order valence-corrected chi connectivity index (χ0v) is 13.1. The third-order valence-electron chi connectivity index (χ3n) is 3.67. The molecular formula is C15H15N3OS2. The molecule has 0 bridgehead atoms. The fraction of sp³-hybridized carbons (Fsp3) is 0.333. The number of aromatic nitrogens is 2. The van der Waals surface area contributed by atoms with Crippen LogP contribution in [0, 0.1) is 0 Å². The lowest BCUT2D eigenvalue weighted by Gasteiger charge is -2.31. The molecule has 21 heavy (non-hydrogen) atoms. The van der Waals surface area contributed by atoms with E-state index in [0.717, 1.165) is 41.8 Å². The zero-order valence-electron chi connectivity index (χ0n) is 11.4. The molecule has 2 aromatic heterocycles. The highest BCUT2D eigenvalue weighted by Gasteiger charge is 2.23. The number of hydrogen-bond donors (Lipinski definition) is 0. The lowest BCUT2D eigenvalue weighted by atomic mass is 10.1. The van der Waals surface area contributed by atoms with Crippen LogP contribution >= 0.6 is 22.7 Å². The quantitative estimate of drug-likeness (QED) is 0.736. The SMILES string of the molecule is c1ccc2sc(N3CCC(Oc4nccs4)CC3)nc2c1. The van der Waals surface area contributed by atoms with Gasteiger partial charge < -0.3 is 9.64 Å². The topological polar surface area (TPSA) is 38.2 Å². The van der Waals surface area contributed by atoms with Crippen LogP contribution in [-0.2, 0) is 0 Å². The maximum atomic E-state index is 5.90. The third kappa shape index (κ3) is 2.73. The summed E-state index contributed by atoms with van der Waals surface area (Å²) in [5.41, 5.74) is 1.10. The van der Waals surface area contributed by atoms with Crippen molar-refractivity contribution in [1.29, 1.82) is 0 Å². The Bertz CT molecular complexity index is 684. The van der Waals surface area contributed by atoms with Gasteiger partial charge in [0.05, 0.1) is 10.2 Å². The van der Waals surface area contributed by atoms with Crippen LogP contribution in [0.25, 0.3) is 10.2 Å². The van der Waals surface area contributed by atoms with Crippen molar-refractivity contribution < 1.29 is 4.74 Å². The molecule has 0 atom stereocenters. The van der Waals surface area contributed by atoms with Crippen LogP contribution in [0.1, 0.15) is 12.8 Å². The second-order valence-corrected chi connectivity index (χ2v) is 6.93. The van der Waals surface area contributed by atoms with Crippen LogP contribution in [-0.4, -0.2) is 29.2 Å². The Morgan fingerprint density at radius 3 is 2.81 bits per heavy atom. The lowest BCUT2D eigenvalue weighted by molar-refractivity contribution is 0.170. The van der Waals surface area contributed by atoms with Crippen molar-refractivity contribution in [1.82, 2.24) is 9.97 Å². The average molecular weight is 317 g/mol. The Hall–Kier alpha value is -1.66. The molecule has 3 heterocycles. The fourth-order valence-corrected chi connectivity index (χ4v) is 4.14. The van der Waals surface area contributed by atoms with Crippen molar-refractivity contribution in [2.75, 3.05) is 18.0 Å². The molecule has 0 radical (unpaired) electrons. The monoisotopic (exact) mass is 317 g/mol. The number of nitrogens with zero attached hydrogens (tertiary/aromatic N) is 3. The number of anilines is 1. The average Bonchev–Trinajstić information content (AvgIpc) is 3.16. The minimum absolute atomic E-state index is 0.279. The van der Waals surface area contributed by atoms with Crippen LogP contribution < -0.4 is 9.64 Å². The first-order valence-electron chi connectivity index (χ1n) is 7.05. The standard InChI is InChI=1S/C15H15N3OS2/c1-2-4-13-12(3-1)17-14(21-13)18-8-5-11(6-9-18)19-15-16-7-10-20-15/h1-4,7,10-11H,5-6,8-9H2. The smallest absolute Gasteiger partial charge is 0.273 e. The van der Waals surface area contributed by atoms with Crippen LogP contribution in [0.4, 0.5) is 5.13 Å². The summed E-state index contributed by atoms with van der Waals surface area (Å²) < 4.78 is 7.16. The molecule has 1 saturated heterocycles. The second-order valence-electron chi connectivity index (χ2n) is 5.07. The van der Waals surface area contributed by atoms with Gasteiger partial charge in [0.1, 0.15) is 6.10 Å². The summed E-state index contributed by atoms with van der Waals surface area (Å²) in [6, 6.07) is 8.32. The van der Waals surface area contributed by atoms with Gasteiger partial charge in [-0.1, -0.05) is 34.8 Å². The first kappa shape index (κ1) is 13.0. The summed E-state index contributed by atoms with van der Waals surface area (Å²) in [7, 11) is 0. The number of benzene rings is 1. The molecule has 0 saturated carbocycles. The zero-order chi connectivity index (χ0) is 14.1. The Kier molecular flexibility index (Phi) is 3.48. The summed E-state index contributed by atoms with van der Waals surface area (Å²) in [5, 5.41) is 3.86. The number of hydrogen-bond acceptors (Lipinski definition) is 6. The molecular weight excluding hydrogens is 302 g/mol. The van der Waals surface area contributed by atoms with Gasteiger partial charge >= 0.3 is 0 Å². The van der Waals surface area contributed by atoms with Gasteiger partial charge in [0.25, 0.3) is 5.19 Å². The first-order chi connectivity index (χ1) is 10.4. The van der Waals surface area contributed by atoms with E-state index in [9.17, 15) is 0 Å². The van der Waals surface area contributed by atoms with Gasteiger partial charge in [-0.15, -0.1) is 0 Å². The molecule has 1 aliphatic rings. The molecule has 3 aromatic rings. The maximum absolute atomic E-state index is 5.90. The summed E-state index contributed by atoms with van der Waals surface area (Å²) in [6.07, 6.45) is 4.11.